The van der Waals surface area contributed by atoms with Crippen LogP contribution in [-0.2, 0) is 0 Å². The van der Waals surface area contributed by atoms with E-state index in [4.69, 9.17) is 17.3 Å². The number of primary amides is 1. The maximum absolute atomic E-state index is 12.5. The number of nitrogens with one attached hydrogen (secondary N) is 1. The Labute approximate surface area is 141 Å². The van der Waals surface area contributed by atoms with Crippen molar-refractivity contribution in [2.24, 2.45) is 5.73 Å². The standard InChI is InChI=1S/C17H13ClN2O2S/c1-9-10(16(19)21)6-4-7-12(9)20-17(22)15-14(18)11-5-2-3-8-13(11)23-15/h2-8H,1H3,(H2,19,21)(H,20,22). The number of carbonyl (C=O) groups excluding carboxylic acids is 2. The van der Waals surface area contributed by atoms with Crippen LogP contribution in [0.1, 0.15) is 25.6 Å². The summed E-state index contributed by atoms with van der Waals surface area (Å²) in [7, 11) is 0. The van der Waals surface area contributed by atoms with Crippen LogP contribution in [0.15, 0.2) is 42.5 Å². The Kier molecular flexibility index (Phi) is 4.07. The van der Waals surface area contributed by atoms with Crippen LogP contribution >= 0.6 is 22.9 Å². The van der Waals surface area contributed by atoms with Crippen molar-refractivity contribution >= 4 is 50.5 Å². The molecule has 0 aliphatic carbocycles. The number of carbonyl (C=O) groups is 2. The van der Waals surface area contributed by atoms with Crippen molar-refractivity contribution in [3.63, 3.8) is 0 Å². The van der Waals surface area contributed by atoms with Gasteiger partial charge in [-0.2, -0.15) is 0 Å². The Balaban J connectivity index is 1.97. The molecule has 3 aromatic rings. The first-order valence-electron chi connectivity index (χ1n) is 6.87. The van der Waals surface area contributed by atoms with Gasteiger partial charge in [0.1, 0.15) is 4.88 Å². The van der Waals surface area contributed by atoms with E-state index in [2.05, 4.69) is 5.32 Å². The van der Waals surface area contributed by atoms with Gasteiger partial charge in [0.2, 0.25) is 5.91 Å². The van der Waals surface area contributed by atoms with Gasteiger partial charge in [-0.3, -0.25) is 9.59 Å². The van der Waals surface area contributed by atoms with Gasteiger partial charge >= 0.3 is 0 Å². The number of hydrogen-bond acceptors (Lipinski definition) is 3. The molecule has 2 aromatic carbocycles. The van der Waals surface area contributed by atoms with E-state index in [-0.39, 0.29) is 5.91 Å². The number of nitrogens with two attached hydrogens (primary N) is 1. The Morgan fingerprint density at radius 1 is 1.13 bits per heavy atom. The van der Waals surface area contributed by atoms with E-state index >= 15 is 0 Å². The van der Waals surface area contributed by atoms with Crippen molar-refractivity contribution in [1.82, 2.24) is 0 Å². The predicted octanol–water partition coefficient (Wildman–Crippen LogP) is 4.21. The maximum atomic E-state index is 12.5. The lowest BCUT2D eigenvalue weighted by atomic mass is 10.1. The molecule has 0 bridgehead atoms. The van der Waals surface area contributed by atoms with Crippen LogP contribution in [0, 0.1) is 6.92 Å². The van der Waals surface area contributed by atoms with Gasteiger partial charge < -0.3 is 11.1 Å². The number of anilines is 1. The van der Waals surface area contributed by atoms with E-state index in [1.807, 2.05) is 24.3 Å². The third kappa shape index (κ3) is 2.81. The van der Waals surface area contributed by atoms with Gasteiger partial charge in [0.15, 0.2) is 0 Å². The van der Waals surface area contributed by atoms with E-state index in [0.717, 1.165) is 10.1 Å². The highest BCUT2D eigenvalue weighted by molar-refractivity contribution is 7.21. The van der Waals surface area contributed by atoms with Crippen LogP contribution in [0.5, 0.6) is 0 Å². The van der Waals surface area contributed by atoms with Crippen LogP contribution in [-0.4, -0.2) is 11.8 Å². The minimum Gasteiger partial charge on any atom is -0.366 e. The minimum atomic E-state index is -0.529. The summed E-state index contributed by atoms with van der Waals surface area (Å²) in [5.41, 5.74) is 6.88. The van der Waals surface area contributed by atoms with E-state index in [1.165, 1.54) is 11.3 Å². The number of rotatable bonds is 3. The lowest BCUT2D eigenvalue weighted by molar-refractivity contribution is 0.0996. The lowest BCUT2D eigenvalue weighted by Gasteiger charge is -2.10. The molecular formula is C17H13ClN2O2S. The largest absolute Gasteiger partial charge is 0.366 e. The van der Waals surface area contributed by atoms with Crippen molar-refractivity contribution in [2.45, 2.75) is 6.92 Å². The second kappa shape index (κ2) is 6.02. The average molecular weight is 345 g/mol. The molecule has 0 saturated carbocycles. The molecule has 0 radical (unpaired) electrons. The van der Waals surface area contributed by atoms with Gasteiger partial charge in [0.05, 0.1) is 5.02 Å². The van der Waals surface area contributed by atoms with E-state index in [9.17, 15) is 9.59 Å². The molecule has 23 heavy (non-hydrogen) atoms. The van der Waals surface area contributed by atoms with Crippen molar-refractivity contribution < 1.29 is 9.59 Å². The molecule has 116 valence electrons. The second-order valence-electron chi connectivity index (χ2n) is 5.04. The normalized spacial score (nSPS) is 10.7. The molecule has 0 unspecified atom stereocenters. The Bertz CT molecular complexity index is 933. The third-order valence-electron chi connectivity index (χ3n) is 3.59. The summed E-state index contributed by atoms with van der Waals surface area (Å²) >= 11 is 7.65. The number of amides is 2. The summed E-state index contributed by atoms with van der Waals surface area (Å²) in [5, 5.41) is 4.09. The molecular weight excluding hydrogens is 332 g/mol. The molecule has 4 nitrogen and oxygen atoms in total. The summed E-state index contributed by atoms with van der Waals surface area (Å²) < 4.78 is 0.949. The number of thiophene rings is 1. The SMILES string of the molecule is Cc1c(NC(=O)c2sc3ccccc3c2Cl)cccc1C(N)=O. The molecule has 0 saturated heterocycles. The smallest absolute Gasteiger partial charge is 0.267 e. The Morgan fingerprint density at radius 2 is 1.87 bits per heavy atom. The summed E-state index contributed by atoms with van der Waals surface area (Å²) in [6.45, 7) is 1.74. The molecule has 3 N–H and O–H groups in total. The van der Waals surface area contributed by atoms with E-state index < -0.39 is 5.91 Å². The number of hydrogen-bond donors (Lipinski definition) is 2. The molecule has 6 heteroatoms. The molecule has 0 aliphatic heterocycles. The van der Waals surface area contributed by atoms with Crippen LogP contribution < -0.4 is 11.1 Å². The predicted molar refractivity (Wildman–Crippen MR) is 94.5 cm³/mol. The second-order valence-corrected chi connectivity index (χ2v) is 6.47. The monoisotopic (exact) mass is 344 g/mol. The molecule has 1 aromatic heterocycles. The zero-order valence-electron chi connectivity index (χ0n) is 12.2. The van der Waals surface area contributed by atoms with Gasteiger partial charge in [-0.05, 0) is 30.7 Å². The topological polar surface area (TPSA) is 72.2 Å². The first kappa shape index (κ1) is 15.5. The van der Waals surface area contributed by atoms with Crippen LogP contribution in [0.25, 0.3) is 10.1 Å². The van der Waals surface area contributed by atoms with Crippen molar-refractivity contribution in [3.05, 3.63) is 63.5 Å². The zero-order chi connectivity index (χ0) is 16.6. The molecule has 2 amide bonds. The van der Waals surface area contributed by atoms with Crippen LogP contribution in [0.3, 0.4) is 0 Å². The summed E-state index contributed by atoms with van der Waals surface area (Å²) in [6.07, 6.45) is 0. The molecule has 1 heterocycles. The molecule has 0 aliphatic rings. The summed E-state index contributed by atoms with van der Waals surface area (Å²) in [4.78, 5) is 24.4. The summed E-state index contributed by atoms with van der Waals surface area (Å²) in [5.74, 6) is -0.834. The highest BCUT2D eigenvalue weighted by Gasteiger charge is 2.18. The van der Waals surface area contributed by atoms with Gasteiger partial charge in [0, 0.05) is 21.3 Å². The molecule has 3 rings (SSSR count). The van der Waals surface area contributed by atoms with Crippen molar-refractivity contribution in [2.75, 3.05) is 5.32 Å². The highest BCUT2D eigenvalue weighted by Crippen LogP contribution is 2.35. The lowest BCUT2D eigenvalue weighted by Crippen LogP contribution is -2.16. The number of benzene rings is 2. The highest BCUT2D eigenvalue weighted by atomic mass is 35.5. The molecule has 0 atom stereocenters. The molecule has 0 spiro atoms. The Hall–Kier alpha value is -2.37. The van der Waals surface area contributed by atoms with E-state index in [0.29, 0.717) is 26.7 Å². The minimum absolute atomic E-state index is 0.305. The van der Waals surface area contributed by atoms with Crippen molar-refractivity contribution in [1.29, 1.82) is 0 Å². The van der Waals surface area contributed by atoms with Crippen LogP contribution in [0.2, 0.25) is 5.02 Å². The number of halogens is 1. The van der Waals surface area contributed by atoms with Gasteiger partial charge in [-0.15, -0.1) is 11.3 Å². The van der Waals surface area contributed by atoms with Gasteiger partial charge in [-0.25, -0.2) is 0 Å². The fourth-order valence-corrected chi connectivity index (χ4v) is 3.79. The van der Waals surface area contributed by atoms with Gasteiger partial charge in [0.25, 0.3) is 5.91 Å². The van der Waals surface area contributed by atoms with Crippen LogP contribution in [0.4, 0.5) is 5.69 Å². The number of fused-ring (bicyclic) bond motifs is 1. The molecule has 0 fully saturated rings. The maximum Gasteiger partial charge on any atom is 0.267 e. The zero-order valence-corrected chi connectivity index (χ0v) is 13.8. The van der Waals surface area contributed by atoms with Gasteiger partial charge in [-0.1, -0.05) is 35.9 Å². The fraction of sp³-hybridized carbons (Fsp3) is 0.0588. The third-order valence-corrected chi connectivity index (χ3v) is 5.26. The van der Waals surface area contributed by atoms with E-state index in [1.54, 1.807) is 25.1 Å². The fourth-order valence-electron chi connectivity index (χ4n) is 2.38. The Morgan fingerprint density at radius 3 is 2.57 bits per heavy atom. The average Bonchev–Trinajstić information content (AvgIpc) is 2.87. The summed E-state index contributed by atoms with van der Waals surface area (Å²) in [6, 6.07) is 12.6. The quantitative estimate of drug-likeness (QED) is 0.746. The van der Waals surface area contributed by atoms with Crippen molar-refractivity contribution in [3.8, 4) is 0 Å². The first-order valence-corrected chi connectivity index (χ1v) is 8.06. The first-order chi connectivity index (χ1) is 11.0.